The largest absolute Gasteiger partial charge is 0.460 e. The van der Waals surface area contributed by atoms with Gasteiger partial charge in [-0.2, -0.15) is 0 Å². The lowest BCUT2D eigenvalue weighted by molar-refractivity contribution is 0.132. The molecule has 27 heavy (non-hydrogen) atoms. The molecule has 0 unspecified atom stereocenters. The molecule has 0 bridgehead atoms. The van der Waals surface area contributed by atoms with E-state index in [-0.39, 0.29) is 17.0 Å². The molecule has 4 rings (SSSR count). The van der Waals surface area contributed by atoms with Gasteiger partial charge in [0.1, 0.15) is 6.10 Å². The van der Waals surface area contributed by atoms with Crippen molar-refractivity contribution < 1.29 is 17.6 Å². The van der Waals surface area contributed by atoms with Crippen LogP contribution >= 0.6 is 0 Å². The molecule has 0 radical (unpaired) electrons. The predicted molar refractivity (Wildman–Crippen MR) is 95.9 cm³/mol. The number of nitrogens with zero attached hydrogens (tertiary/aromatic N) is 2. The average Bonchev–Trinajstić information content (AvgIpc) is 3.03. The second-order valence-corrected chi connectivity index (χ2v) is 8.13. The van der Waals surface area contributed by atoms with Gasteiger partial charge in [-0.05, 0) is 49.9 Å². The van der Waals surface area contributed by atoms with E-state index in [0.717, 1.165) is 0 Å². The van der Waals surface area contributed by atoms with E-state index >= 15 is 0 Å². The van der Waals surface area contributed by atoms with Crippen molar-refractivity contribution in [1.29, 1.82) is 0 Å². The Morgan fingerprint density at radius 2 is 1.89 bits per heavy atom. The maximum absolute atomic E-state index is 12.6. The number of ether oxygens (including phenoxy) is 1. The summed E-state index contributed by atoms with van der Waals surface area (Å²) >= 11 is 0. The third kappa shape index (κ3) is 4.01. The zero-order valence-corrected chi connectivity index (χ0v) is 15.1. The summed E-state index contributed by atoms with van der Waals surface area (Å²) in [5.41, 5.74) is 0.669. The maximum Gasteiger partial charge on any atom is 0.417 e. The van der Waals surface area contributed by atoms with Crippen LogP contribution < -0.4 is 15.2 Å². The first-order chi connectivity index (χ1) is 13.0. The van der Waals surface area contributed by atoms with Crippen molar-refractivity contribution in [2.45, 2.75) is 42.7 Å². The number of fused-ring (bicyclic) bond motifs is 1. The molecular weight excluding hydrogens is 372 g/mol. The lowest BCUT2D eigenvalue weighted by Gasteiger charge is -2.28. The summed E-state index contributed by atoms with van der Waals surface area (Å²) in [4.78, 5) is 21.8. The lowest BCUT2D eigenvalue weighted by Crippen LogP contribution is -2.39. The second-order valence-electron chi connectivity index (χ2n) is 6.42. The first-order valence-corrected chi connectivity index (χ1v) is 10.1. The molecule has 0 amide bonds. The highest BCUT2D eigenvalue weighted by Crippen LogP contribution is 2.24. The summed E-state index contributed by atoms with van der Waals surface area (Å²) in [7, 11) is -3.70. The molecule has 0 spiro atoms. The highest BCUT2D eigenvalue weighted by Gasteiger charge is 2.27. The van der Waals surface area contributed by atoms with Crippen molar-refractivity contribution in [2.24, 2.45) is 0 Å². The molecule has 1 saturated carbocycles. The molecule has 3 aromatic rings. The normalized spacial score (nSPS) is 20.6. The van der Waals surface area contributed by atoms with Gasteiger partial charge in [0.25, 0.3) is 0 Å². The quantitative estimate of drug-likeness (QED) is 0.677. The number of oxazole rings is 1. The minimum absolute atomic E-state index is 0.0273. The summed E-state index contributed by atoms with van der Waals surface area (Å²) in [6, 6.07) is 6.16. The maximum atomic E-state index is 12.6. The number of rotatable bonds is 5. The Bertz CT molecular complexity index is 1090. The summed E-state index contributed by atoms with van der Waals surface area (Å²) in [6.07, 6.45) is 5.93. The van der Waals surface area contributed by atoms with Gasteiger partial charge >= 0.3 is 11.8 Å². The van der Waals surface area contributed by atoms with Crippen LogP contribution in [0.2, 0.25) is 0 Å². The van der Waals surface area contributed by atoms with Crippen LogP contribution in [-0.4, -0.2) is 35.5 Å². The number of hydrogen-bond donors (Lipinski definition) is 2. The fourth-order valence-electron chi connectivity index (χ4n) is 3.18. The third-order valence-corrected chi connectivity index (χ3v) is 6.03. The number of aromatic amines is 1. The number of nitrogens with one attached hydrogen (secondary N) is 2. The topological polar surface area (TPSA) is 127 Å². The van der Waals surface area contributed by atoms with Gasteiger partial charge in [-0.1, -0.05) is 0 Å². The Hall–Kier alpha value is -2.72. The van der Waals surface area contributed by atoms with Crippen LogP contribution in [0, 0.1) is 0 Å². The lowest BCUT2D eigenvalue weighted by atomic mass is 9.94. The number of H-pyrrole nitrogens is 1. The van der Waals surface area contributed by atoms with Gasteiger partial charge in [-0.15, -0.1) is 0 Å². The summed E-state index contributed by atoms with van der Waals surface area (Å²) < 4.78 is 38.6. The first kappa shape index (κ1) is 17.7. The highest BCUT2D eigenvalue weighted by atomic mass is 32.2. The second kappa shape index (κ2) is 7.12. The van der Waals surface area contributed by atoms with Crippen molar-refractivity contribution >= 4 is 21.1 Å². The molecular formula is C17H18N4O5S. The van der Waals surface area contributed by atoms with E-state index in [9.17, 15) is 13.2 Å². The molecule has 0 atom stereocenters. The van der Waals surface area contributed by atoms with Crippen LogP contribution in [0.1, 0.15) is 25.7 Å². The first-order valence-electron chi connectivity index (χ1n) is 8.58. The van der Waals surface area contributed by atoms with Crippen molar-refractivity contribution in [3.8, 4) is 6.01 Å². The minimum Gasteiger partial charge on any atom is -0.460 e. The Kier molecular flexibility index (Phi) is 4.66. The standard InChI is InChI=1S/C17H18N4O5S/c22-17-20-14-10-13(6-7-15(14)26-17)27(23,24)21-11-2-4-12(5-3-11)25-16-18-8-1-9-19-16/h1,6-12,21H,2-5H2,(H,20,22). The van der Waals surface area contributed by atoms with Crippen LogP contribution in [0.5, 0.6) is 6.01 Å². The van der Waals surface area contributed by atoms with Gasteiger partial charge in [0, 0.05) is 18.4 Å². The third-order valence-electron chi connectivity index (χ3n) is 4.51. The van der Waals surface area contributed by atoms with Crippen LogP contribution in [-0.2, 0) is 10.0 Å². The van der Waals surface area contributed by atoms with Gasteiger partial charge in [0.05, 0.1) is 10.4 Å². The van der Waals surface area contributed by atoms with Gasteiger partial charge in [0.2, 0.25) is 10.0 Å². The molecule has 2 aromatic heterocycles. The van der Waals surface area contributed by atoms with Crippen molar-refractivity contribution in [1.82, 2.24) is 19.7 Å². The van der Waals surface area contributed by atoms with E-state index in [4.69, 9.17) is 9.15 Å². The fourth-order valence-corrected chi connectivity index (χ4v) is 4.51. The fraction of sp³-hybridized carbons (Fsp3) is 0.353. The van der Waals surface area contributed by atoms with Gasteiger partial charge in [0.15, 0.2) is 5.58 Å². The number of aromatic nitrogens is 3. The average molecular weight is 390 g/mol. The minimum atomic E-state index is -3.70. The Morgan fingerprint density at radius 3 is 2.63 bits per heavy atom. The van der Waals surface area contributed by atoms with Crippen molar-refractivity contribution in [2.75, 3.05) is 0 Å². The number of hydrogen-bond acceptors (Lipinski definition) is 7. The molecule has 10 heteroatoms. The van der Waals surface area contributed by atoms with Gasteiger partial charge < -0.3 is 9.15 Å². The molecule has 0 aliphatic heterocycles. The van der Waals surface area contributed by atoms with Crippen LogP contribution in [0.4, 0.5) is 0 Å². The van der Waals surface area contributed by atoms with Gasteiger partial charge in [-0.25, -0.2) is 27.9 Å². The molecule has 1 aliphatic carbocycles. The molecule has 9 nitrogen and oxygen atoms in total. The summed E-state index contributed by atoms with van der Waals surface area (Å²) in [5, 5.41) is 0. The smallest absolute Gasteiger partial charge is 0.417 e. The van der Waals surface area contributed by atoms with Crippen LogP contribution in [0.15, 0.2) is 50.8 Å². The highest BCUT2D eigenvalue weighted by molar-refractivity contribution is 7.89. The molecule has 142 valence electrons. The van der Waals surface area contributed by atoms with Crippen LogP contribution in [0.3, 0.4) is 0 Å². The van der Waals surface area contributed by atoms with Crippen LogP contribution in [0.25, 0.3) is 11.1 Å². The Morgan fingerprint density at radius 1 is 1.15 bits per heavy atom. The van der Waals surface area contributed by atoms with E-state index < -0.39 is 15.8 Å². The molecule has 2 heterocycles. The SMILES string of the molecule is O=c1[nH]c2cc(S(=O)(=O)NC3CCC(Oc4ncccn4)CC3)ccc2o1. The summed E-state index contributed by atoms with van der Waals surface area (Å²) in [5.74, 6) is -0.617. The molecule has 2 N–H and O–H groups in total. The Balaban J connectivity index is 1.39. The number of benzene rings is 1. The van der Waals surface area contributed by atoms with Gasteiger partial charge in [-0.3, -0.25) is 4.98 Å². The van der Waals surface area contributed by atoms with E-state index in [1.54, 1.807) is 18.5 Å². The zero-order valence-electron chi connectivity index (χ0n) is 14.3. The molecule has 1 fully saturated rings. The van der Waals surface area contributed by atoms with Crippen molar-refractivity contribution in [3.63, 3.8) is 0 Å². The number of sulfonamides is 1. The predicted octanol–water partition coefficient (Wildman–Crippen LogP) is 1.58. The molecule has 0 saturated heterocycles. The van der Waals surface area contributed by atoms with E-state index in [2.05, 4.69) is 19.7 Å². The van der Waals surface area contributed by atoms with Crippen molar-refractivity contribution in [3.05, 3.63) is 47.2 Å². The molecule has 1 aliphatic rings. The van der Waals surface area contributed by atoms with E-state index in [1.165, 1.54) is 18.2 Å². The monoisotopic (exact) mass is 390 g/mol. The summed E-state index contributed by atoms with van der Waals surface area (Å²) in [6.45, 7) is 0. The zero-order chi connectivity index (χ0) is 18.9. The molecule has 1 aromatic carbocycles. The van der Waals surface area contributed by atoms with E-state index in [0.29, 0.717) is 42.8 Å². The van der Waals surface area contributed by atoms with E-state index in [1.807, 2.05) is 0 Å². The Labute approximate surface area is 154 Å².